The van der Waals surface area contributed by atoms with E-state index in [1.165, 1.54) is 7.11 Å². The molecule has 6 atom stereocenters. The summed E-state index contributed by atoms with van der Waals surface area (Å²) in [7, 11) is 1.31. The van der Waals surface area contributed by atoms with Gasteiger partial charge in [-0.2, -0.15) is 0 Å². The molecule has 1 aliphatic heterocycles. The van der Waals surface area contributed by atoms with E-state index in [1.54, 1.807) is 24.3 Å². The molecule has 0 aliphatic carbocycles. The summed E-state index contributed by atoms with van der Waals surface area (Å²) in [6, 6.07) is 17.1. The van der Waals surface area contributed by atoms with E-state index in [0.29, 0.717) is 0 Å². The van der Waals surface area contributed by atoms with Crippen LogP contribution >= 0.6 is 0 Å². The van der Waals surface area contributed by atoms with E-state index >= 15 is 0 Å². The van der Waals surface area contributed by atoms with Gasteiger partial charge in [-0.15, -0.1) is 0 Å². The number of carbonyl (C=O) groups excluding carboxylic acids is 1. The summed E-state index contributed by atoms with van der Waals surface area (Å²) in [5.41, 5.74) is 10.5. The van der Waals surface area contributed by atoms with Gasteiger partial charge < -0.3 is 29.2 Å². The summed E-state index contributed by atoms with van der Waals surface area (Å²) in [6.07, 6.45) is -7.00. The van der Waals surface area contributed by atoms with E-state index in [4.69, 9.17) is 24.5 Å². The number of ether oxygens (including phenoxy) is 4. The first-order valence-electron chi connectivity index (χ1n) is 10.00. The van der Waals surface area contributed by atoms with Crippen molar-refractivity contribution in [1.29, 1.82) is 0 Å². The third-order valence-corrected chi connectivity index (χ3v) is 5.06. The van der Waals surface area contributed by atoms with Crippen LogP contribution < -0.4 is 0 Å². The standard InChI is InChI=1S/C22H25N3O7/c1-29-22-16(24-25-23)19(30-12-14-8-4-2-5-9-14)17(26)20(32-22)18(27)21(28)31-13-15-10-6-3-7-11-15/h2-11,16-20,22,26-27H,12-13H2,1H3/t16-,17+,18?,19-,20+,22+/m1/s1. The van der Waals surface area contributed by atoms with E-state index in [1.807, 2.05) is 36.4 Å². The number of aliphatic hydroxyl groups is 2. The van der Waals surface area contributed by atoms with E-state index in [9.17, 15) is 15.0 Å². The Kier molecular flexibility index (Phi) is 8.57. The molecule has 2 aromatic carbocycles. The van der Waals surface area contributed by atoms with Crippen LogP contribution in [0.1, 0.15) is 11.1 Å². The topological polar surface area (TPSA) is 143 Å². The number of nitrogens with zero attached hydrogens (tertiary/aromatic N) is 3. The predicted octanol–water partition coefficient (Wildman–Crippen LogP) is 2.09. The Morgan fingerprint density at radius 2 is 1.72 bits per heavy atom. The highest BCUT2D eigenvalue weighted by molar-refractivity contribution is 5.75. The average Bonchev–Trinajstić information content (AvgIpc) is 2.83. The minimum Gasteiger partial charge on any atom is -0.459 e. The van der Waals surface area contributed by atoms with Crippen molar-refractivity contribution in [2.24, 2.45) is 5.11 Å². The van der Waals surface area contributed by atoms with E-state index in [-0.39, 0.29) is 13.2 Å². The van der Waals surface area contributed by atoms with Crippen LogP contribution in [0, 0.1) is 0 Å². The molecular weight excluding hydrogens is 418 g/mol. The number of aliphatic hydroxyl groups excluding tert-OH is 2. The number of azide groups is 1. The SMILES string of the molecule is CO[C@H]1O[C@H](C(O)C(=O)OCc2ccccc2)[C@@H](O)[C@H](OCc2ccccc2)[C@H]1N=[N+]=[N-]. The first-order chi connectivity index (χ1) is 15.5. The number of methoxy groups -OCH3 is 1. The lowest BCUT2D eigenvalue weighted by Crippen LogP contribution is -2.62. The minimum atomic E-state index is -1.82. The molecule has 32 heavy (non-hydrogen) atoms. The van der Waals surface area contributed by atoms with Gasteiger partial charge in [0.25, 0.3) is 0 Å². The molecule has 0 aromatic heterocycles. The van der Waals surface area contributed by atoms with Crippen LogP contribution in [-0.2, 0) is 37.0 Å². The summed E-state index contributed by atoms with van der Waals surface area (Å²) in [5.74, 6) is -0.975. The van der Waals surface area contributed by atoms with Crippen molar-refractivity contribution in [3.05, 3.63) is 82.2 Å². The van der Waals surface area contributed by atoms with Crippen LogP contribution in [-0.4, -0.2) is 60.0 Å². The number of rotatable bonds is 9. The van der Waals surface area contributed by atoms with Gasteiger partial charge in [0.1, 0.15) is 24.9 Å². The third kappa shape index (κ3) is 5.83. The molecule has 10 nitrogen and oxygen atoms in total. The molecule has 2 aromatic rings. The Morgan fingerprint density at radius 1 is 1.12 bits per heavy atom. The molecule has 0 bridgehead atoms. The van der Waals surface area contributed by atoms with E-state index in [2.05, 4.69) is 10.0 Å². The minimum absolute atomic E-state index is 0.0530. The lowest BCUT2D eigenvalue weighted by molar-refractivity contribution is -0.278. The summed E-state index contributed by atoms with van der Waals surface area (Å²) in [5, 5.41) is 25.1. The summed E-state index contributed by atoms with van der Waals surface area (Å²) < 4.78 is 21.8. The van der Waals surface area contributed by atoms with Gasteiger partial charge in [-0.25, -0.2) is 4.79 Å². The molecule has 3 rings (SSSR count). The second-order valence-electron chi connectivity index (χ2n) is 7.19. The van der Waals surface area contributed by atoms with Crippen LogP contribution in [0.3, 0.4) is 0 Å². The molecule has 170 valence electrons. The van der Waals surface area contributed by atoms with Gasteiger partial charge in [0.2, 0.25) is 0 Å². The highest BCUT2D eigenvalue weighted by Crippen LogP contribution is 2.29. The molecule has 0 radical (unpaired) electrons. The molecule has 1 unspecified atom stereocenters. The molecule has 1 heterocycles. The van der Waals surface area contributed by atoms with Crippen LogP contribution in [0.25, 0.3) is 10.4 Å². The van der Waals surface area contributed by atoms with Crippen molar-refractivity contribution in [3.8, 4) is 0 Å². The van der Waals surface area contributed by atoms with Crippen LogP contribution in [0.15, 0.2) is 65.8 Å². The van der Waals surface area contributed by atoms with Gasteiger partial charge in [0.15, 0.2) is 12.4 Å². The summed E-state index contributed by atoms with van der Waals surface area (Å²) >= 11 is 0. The number of esters is 1. The van der Waals surface area contributed by atoms with Crippen LogP contribution in [0.5, 0.6) is 0 Å². The van der Waals surface area contributed by atoms with Crippen molar-refractivity contribution in [3.63, 3.8) is 0 Å². The van der Waals surface area contributed by atoms with Crippen LogP contribution in [0.2, 0.25) is 0 Å². The van der Waals surface area contributed by atoms with Gasteiger partial charge in [0.05, 0.1) is 12.7 Å². The molecule has 2 N–H and O–H groups in total. The fourth-order valence-corrected chi connectivity index (χ4v) is 3.41. The fourth-order valence-electron chi connectivity index (χ4n) is 3.41. The monoisotopic (exact) mass is 443 g/mol. The number of hydrogen-bond donors (Lipinski definition) is 2. The Bertz CT molecular complexity index is 908. The number of benzene rings is 2. The Balaban J connectivity index is 1.73. The van der Waals surface area contributed by atoms with Crippen molar-refractivity contribution >= 4 is 5.97 Å². The second-order valence-corrected chi connectivity index (χ2v) is 7.19. The molecule has 0 saturated carbocycles. The van der Waals surface area contributed by atoms with E-state index < -0.39 is 42.7 Å². The maximum atomic E-state index is 12.4. The highest BCUT2D eigenvalue weighted by atomic mass is 16.7. The van der Waals surface area contributed by atoms with Crippen molar-refractivity contribution in [2.45, 2.75) is 50.0 Å². The van der Waals surface area contributed by atoms with Gasteiger partial charge in [-0.1, -0.05) is 65.8 Å². The molecule has 10 heteroatoms. The second kappa shape index (κ2) is 11.6. The summed E-state index contributed by atoms with van der Waals surface area (Å²) in [6.45, 7) is 0.0419. The largest absolute Gasteiger partial charge is 0.459 e. The average molecular weight is 443 g/mol. The smallest absolute Gasteiger partial charge is 0.338 e. The molecule has 0 spiro atoms. The number of carbonyl (C=O) groups is 1. The lowest BCUT2D eigenvalue weighted by Gasteiger charge is -2.43. The molecule has 1 fully saturated rings. The quantitative estimate of drug-likeness (QED) is 0.261. The van der Waals surface area contributed by atoms with Crippen LogP contribution in [0.4, 0.5) is 0 Å². The van der Waals surface area contributed by atoms with Crippen molar-refractivity contribution in [1.82, 2.24) is 0 Å². The third-order valence-electron chi connectivity index (χ3n) is 5.06. The maximum absolute atomic E-state index is 12.4. The normalized spacial score (nSPS) is 26.0. The van der Waals surface area contributed by atoms with E-state index in [0.717, 1.165) is 11.1 Å². The fraction of sp³-hybridized carbons (Fsp3) is 0.409. The van der Waals surface area contributed by atoms with Gasteiger partial charge in [0, 0.05) is 12.0 Å². The zero-order valence-corrected chi connectivity index (χ0v) is 17.4. The van der Waals surface area contributed by atoms with Crippen molar-refractivity contribution in [2.75, 3.05) is 7.11 Å². The zero-order chi connectivity index (χ0) is 22.9. The van der Waals surface area contributed by atoms with Gasteiger partial charge in [-0.3, -0.25) is 0 Å². The molecule has 0 amide bonds. The van der Waals surface area contributed by atoms with Gasteiger partial charge in [-0.05, 0) is 16.7 Å². The predicted molar refractivity (Wildman–Crippen MR) is 112 cm³/mol. The first-order valence-corrected chi connectivity index (χ1v) is 10.00. The molecule has 1 saturated heterocycles. The Labute approximate surface area is 184 Å². The highest BCUT2D eigenvalue weighted by Gasteiger charge is 2.50. The summed E-state index contributed by atoms with van der Waals surface area (Å²) in [4.78, 5) is 15.2. The van der Waals surface area contributed by atoms with Gasteiger partial charge >= 0.3 is 5.97 Å². The number of hydrogen-bond acceptors (Lipinski definition) is 8. The molecule has 1 aliphatic rings. The van der Waals surface area contributed by atoms with Crippen molar-refractivity contribution < 1.29 is 34.0 Å². The Hall–Kier alpha value is -2.98. The maximum Gasteiger partial charge on any atom is 0.338 e. The first kappa shape index (κ1) is 23.7. The lowest BCUT2D eigenvalue weighted by atomic mass is 9.93. The molecular formula is C22H25N3O7. The zero-order valence-electron chi connectivity index (χ0n) is 17.4. The Morgan fingerprint density at radius 3 is 2.28 bits per heavy atom.